The van der Waals surface area contributed by atoms with Crippen LogP contribution in [0.1, 0.15) is 0 Å². The van der Waals surface area contributed by atoms with Crippen LogP contribution in [0, 0.1) is 0 Å². The molecule has 68 valence electrons. The predicted molar refractivity (Wildman–Crippen MR) is 55.9 cm³/mol. The molecule has 0 spiro atoms. The normalized spacial score (nSPS) is 10.6. The molecule has 2 heterocycles. The maximum atomic E-state index is 5.81. The van der Waals surface area contributed by atoms with Gasteiger partial charge in [-0.25, -0.2) is 0 Å². The fourth-order valence-corrected chi connectivity index (χ4v) is 2.03. The fourth-order valence-electron chi connectivity index (χ4n) is 1.17. The van der Waals surface area contributed by atoms with E-state index in [-0.39, 0.29) is 0 Å². The Morgan fingerprint density at radius 3 is 2.85 bits per heavy atom. The molecule has 13 heavy (non-hydrogen) atoms. The number of halogens is 1. The molecule has 3 nitrogen and oxygen atoms in total. The van der Waals surface area contributed by atoms with Gasteiger partial charge in [0.1, 0.15) is 5.69 Å². The molecule has 2 aromatic heterocycles. The highest BCUT2D eigenvalue weighted by Gasteiger charge is 2.08. The lowest BCUT2D eigenvalue weighted by molar-refractivity contribution is 0.771. The first kappa shape index (κ1) is 8.59. The molecule has 0 saturated heterocycles. The number of nitrogen functional groups attached to an aromatic ring is 1. The Bertz CT molecular complexity index is 432. The molecule has 0 unspecified atom stereocenters. The number of hydrogen-bond donors (Lipinski definition) is 1. The van der Waals surface area contributed by atoms with Gasteiger partial charge in [-0.1, -0.05) is 11.6 Å². The number of aryl methyl sites for hydroxylation is 1. The molecule has 2 aromatic rings. The van der Waals surface area contributed by atoms with Crippen molar-refractivity contribution in [2.24, 2.45) is 7.05 Å². The van der Waals surface area contributed by atoms with Crippen LogP contribution in [0.4, 0.5) is 5.69 Å². The lowest BCUT2D eigenvalue weighted by atomic mass is 10.2. The third-order valence-electron chi connectivity index (χ3n) is 1.70. The van der Waals surface area contributed by atoms with Crippen LogP contribution in [0.3, 0.4) is 0 Å². The summed E-state index contributed by atoms with van der Waals surface area (Å²) in [4.78, 5) is 0. The van der Waals surface area contributed by atoms with Gasteiger partial charge >= 0.3 is 0 Å². The summed E-state index contributed by atoms with van der Waals surface area (Å²) in [6.07, 6.45) is 1.78. The minimum absolute atomic E-state index is 0.678. The Hall–Kier alpha value is -1.00. The highest BCUT2D eigenvalue weighted by molar-refractivity contribution is 7.14. The molecular formula is C8H8ClN3S. The molecule has 0 radical (unpaired) electrons. The van der Waals surface area contributed by atoms with E-state index in [9.17, 15) is 0 Å². The Kier molecular flexibility index (Phi) is 2.01. The largest absolute Gasteiger partial charge is 0.396 e. The van der Waals surface area contributed by atoms with Gasteiger partial charge in [0.05, 0.1) is 10.0 Å². The zero-order chi connectivity index (χ0) is 9.42. The maximum Gasteiger partial charge on any atom is 0.116 e. The second kappa shape index (κ2) is 3.05. The summed E-state index contributed by atoms with van der Waals surface area (Å²) in [5, 5.41) is 6.18. The van der Waals surface area contributed by atoms with Crippen LogP contribution in [0.25, 0.3) is 11.3 Å². The van der Waals surface area contributed by atoms with E-state index in [1.165, 1.54) is 11.3 Å². The third kappa shape index (κ3) is 1.55. The average molecular weight is 214 g/mol. The summed E-state index contributed by atoms with van der Waals surface area (Å²) in [6.45, 7) is 0. The van der Waals surface area contributed by atoms with Gasteiger partial charge in [-0.15, -0.1) is 11.3 Å². The Morgan fingerprint density at radius 1 is 1.62 bits per heavy atom. The summed E-state index contributed by atoms with van der Waals surface area (Å²) in [5.74, 6) is 0. The van der Waals surface area contributed by atoms with Crippen molar-refractivity contribution in [3.05, 3.63) is 22.0 Å². The summed E-state index contributed by atoms with van der Waals surface area (Å²) >= 11 is 7.29. The van der Waals surface area contributed by atoms with E-state index in [2.05, 4.69) is 5.10 Å². The second-order valence-corrected chi connectivity index (χ2v) is 4.29. The Balaban J connectivity index is 2.51. The van der Waals surface area contributed by atoms with Crippen molar-refractivity contribution in [1.82, 2.24) is 9.78 Å². The highest BCUT2D eigenvalue weighted by atomic mass is 35.5. The lowest BCUT2D eigenvalue weighted by Gasteiger charge is -1.90. The number of aromatic nitrogens is 2. The summed E-state index contributed by atoms with van der Waals surface area (Å²) in [5.41, 5.74) is 8.22. The first-order chi connectivity index (χ1) is 6.16. The Labute approximate surface area is 84.7 Å². The van der Waals surface area contributed by atoms with Crippen LogP contribution in [-0.4, -0.2) is 9.78 Å². The zero-order valence-electron chi connectivity index (χ0n) is 6.99. The van der Waals surface area contributed by atoms with E-state index >= 15 is 0 Å². The molecule has 0 saturated carbocycles. The molecule has 0 aliphatic rings. The number of thiophene rings is 1. The smallest absolute Gasteiger partial charge is 0.116 e. The fraction of sp³-hybridized carbons (Fsp3) is 0.125. The van der Waals surface area contributed by atoms with Gasteiger partial charge in [0, 0.05) is 24.2 Å². The molecule has 0 bridgehead atoms. The van der Waals surface area contributed by atoms with Crippen molar-refractivity contribution in [2.45, 2.75) is 0 Å². The van der Waals surface area contributed by atoms with Crippen molar-refractivity contribution in [2.75, 3.05) is 5.73 Å². The summed E-state index contributed by atoms with van der Waals surface area (Å²) in [7, 11) is 1.84. The molecular weight excluding hydrogens is 206 g/mol. The van der Waals surface area contributed by atoms with E-state index in [0.29, 0.717) is 5.69 Å². The van der Waals surface area contributed by atoms with E-state index in [0.717, 1.165) is 15.6 Å². The van der Waals surface area contributed by atoms with Crippen LogP contribution in [0.2, 0.25) is 4.34 Å². The minimum Gasteiger partial charge on any atom is -0.396 e. The molecule has 0 aliphatic carbocycles. The number of anilines is 1. The number of nitrogens with zero attached hydrogens (tertiary/aromatic N) is 2. The van der Waals surface area contributed by atoms with Crippen molar-refractivity contribution in [3.63, 3.8) is 0 Å². The van der Waals surface area contributed by atoms with Crippen LogP contribution >= 0.6 is 22.9 Å². The van der Waals surface area contributed by atoms with Crippen molar-refractivity contribution in [1.29, 1.82) is 0 Å². The monoisotopic (exact) mass is 213 g/mol. The zero-order valence-corrected chi connectivity index (χ0v) is 8.56. The molecule has 2 rings (SSSR count). The number of nitrogens with two attached hydrogens (primary N) is 1. The second-order valence-electron chi connectivity index (χ2n) is 2.75. The Morgan fingerprint density at radius 2 is 2.38 bits per heavy atom. The molecule has 0 atom stereocenters. The molecule has 0 aromatic carbocycles. The van der Waals surface area contributed by atoms with Gasteiger partial charge in [-0.3, -0.25) is 4.68 Å². The molecule has 5 heteroatoms. The van der Waals surface area contributed by atoms with E-state index in [1.807, 2.05) is 18.5 Å². The van der Waals surface area contributed by atoms with E-state index in [4.69, 9.17) is 17.3 Å². The summed E-state index contributed by atoms with van der Waals surface area (Å²) < 4.78 is 2.44. The van der Waals surface area contributed by atoms with Gasteiger partial charge in [0.25, 0.3) is 0 Å². The topological polar surface area (TPSA) is 43.8 Å². The van der Waals surface area contributed by atoms with Crippen LogP contribution in [-0.2, 0) is 7.05 Å². The molecule has 0 fully saturated rings. The first-order valence-corrected chi connectivity index (χ1v) is 4.96. The molecule has 0 aliphatic heterocycles. The molecule has 2 N–H and O–H groups in total. The highest BCUT2D eigenvalue weighted by Crippen LogP contribution is 2.30. The van der Waals surface area contributed by atoms with Crippen LogP contribution < -0.4 is 5.73 Å². The summed E-state index contributed by atoms with van der Waals surface area (Å²) in [6, 6.07) is 1.87. The van der Waals surface area contributed by atoms with Crippen molar-refractivity contribution >= 4 is 28.6 Å². The van der Waals surface area contributed by atoms with Gasteiger partial charge in [-0.05, 0) is 6.07 Å². The van der Waals surface area contributed by atoms with Crippen molar-refractivity contribution in [3.8, 4) is 11.3 Å². The van der Waals surface area contributed by atoms with Gasteiger partial charge in [0.2, 0.25) is 0 Å². The standard InChI is InChI=1S/C8H8ClN3S/c1-12-3-6(10)8(11-12)5-2-7(9)13-4-5/h2-4H,10H2,1H3. The van der Waals surface area contributed by atoms with Gasteiger partial charge in [0.15, 0.2) is 0 Å². The van der Waals surface area contributed by atoms with Gasteiger partial charge in [-0.2, -0.15) is 5.10 Å². The first-order valence-electron chi connectivity index (χ1n) is 3.70. The third-order valence-corrected chi connectivity index (χ3v) is 2.79. The minimum atomic E-state index is 0.678. The van der Waals surface area contributed by atoms with Crippen LogP contribution in [0.15, 0.2) is 17.6 Å². The van der Waals surface area contributed by atoms with Crippen LogP contribution in [0.5, 0.6) is 0 Å². The van der Waals surface area contributed by atoms with Crippen molar-refractivity contribution < 1.29 is 0 Å². The number of rotatable bonds is 1. The molecule has 0 amide bonds. The van der Waals surface area contributed by atoms with E-state index < -0.39 is 0 Å². The predicted octanol–water partition coefficient (Wildman–Crippen LogP) is 2.38. The number of hydrogen-bond acceptors (Lipinski definition) is 3. The quantitative estimate of drug-likeness (QED) is 0.791. The van der Waals surface area contributed by atoms with E-state index in [1.54, 1.807) is 10.9 Å². The average Bonchev–Trinajstić information content (AvgIpc) is 2.58. The lowest BCUT2D eigenvalue weighted by Crippen LogP contribution is -1.86. The maximum absolute atomic E-state index is 5.81. The van der Waals surface area contributed by atoms with Gasteiger partial charge < -0.3 is 5.73 Å². The SMILES string of the molecule is Cn1cc(N)c(-c2csc(Cl)c2)n1.